The molecule has 6 nitrogen and oxygen atoms in total. The Bertz CT molecular complexity index is 663. The molecule has 2 aromatic rings. The highest BCUT2D eigenvalue weighted by atomic mass is 16.2. The lowest BCUT2D eigenvalue weighted by atomic mass is 9.83. The monoisotopic (exact) mass is 313 g/mol. The smallest absolute Gasteiger partial charge is 0.320 e. The van der Waals surface area contributed by atoms with Gasteiger partial charge >= 0.3 is 6.03 Å². The predicted octanol–water partition coefficient (Wildman–Crippen LogP) is 3.36. The molecule has 0 aromatic carbocycles. The molecular formula is C17H23N5O. The maximum atomic E-state index is 12.3. The number of urea groups is 1. The first-order valence-corrected chi connectivity index (χ1v) is 8.18. The number of aromatic nitrogens is 3. The van der Waals surface area contributed by atoms with E-state index in [4.69, 9.17) is 0 Å². The largest absolute Gasteiger partial charge is 0.331 e. The molecule has 0 aliphatic heterocycles. The maximum Gasteiger partial charge on any atom is 0.320 e. The molecule has 3 rings (SSSR count). The van der Waals surface area contributed by atoms with E-state index < -0.39 is 0 Å². The van der Waals surface area contributed by atoms with Crippen LogP contribution in [-0.4, -0.2) is 20.8 Å². The highest BCUT2D eigenvalue weighted by Crippen LogP contribution is 2.36. The Morgan fingerprint density at radius 1 is 1.39 bits per heavy atom. The fraction of sp³-hybridized carbons (Fsp3) is 0.471. The third-order valence-electron chi connectivity index (χ3n) is 4.49. The van der Waals surface area contributed by atoms with Gasteiger partial charge in [-0.2, -0.15) is 5.10 Å². The van der Waals surface area contributed by atoms with E-state index >= 15 is 0 Å². The van der Waals surface area contributed by atoms with Crippen molar-refractivity contribution in [1.82, 2.24) is 20.1 Å². The number of nitrogens with one attached hydrogen (secondary N) is 2. The van der Waals surface area contributed by atoms with Crippen LogP contribution >= 0.6 is 0 Å². The average Bonchev–Trinajstić information content (AvgIpc) is 2.84. The van der Waals surface area contributed by atoms with Gasteiger partial charge in [0.2, 0.25) is 0 Å². The van der Waals surface area contributed by atoms with Crippen LogP contribution in [0.4, 0.5) is 10.6 Å². The first kappa shape index (κ1) is 15.5. The first-order chi connectivity index (χ1) is 11.2. The van der Waals surface area contributed by atoms with Crippen molar-refractivity contribution < 1.29 is 4.79 Å². The van der Waals surface area contributed by atoms with Crippen LogP contribution in [0, 0.1) is 0 Å². The highest BCUT2D eigenvalue weighted by molar-refractivity contribution is 5.88. The minimum Gasteiger partial charge on any atom is -0.331 e. The van der Waals surface area contributed by atoms with Gasteiger partial charge in [0.1, 0.15) is 5.82 Å². The van der Waals surface area contributed by atoms with Crippen LogP contribution in [0.1, 0.15) is 55.8 Å². The summed E-state index contributed by atoms with van der Waals surface area (Å²) in [7, 11) is 1.86. The number of nitrogens with zero attached hydrogens (tertiary/aromatic N) is 3. The number of hydrogen-bond donors (Lipinski definition) is 2. The second kappa shape index (κ2) is 6.81. The van der Waals surface area contributed by atoms with Crippen molar-refractivity contribution in [3.8, 4) is 0 Å². The van der Waals surface area contributed by atoms with Crippen LogP contribution in [0.15, 0.2) is 30.6 Å². The van der Waals surface area contributed by atoms with Crippen LogP contribution in [0.3, 0.4) is 0 Å². The molecule has 1 atom stereocenters. The summed E-state index contributed by atoms with van der Waals surface area (Å²) in [6.45, 7) is 2.05. The number of carbonyl (C=O) groups excluding carboxylic acids is 1. The molecule has 2 amide bonds. The third kappa shape index (κ3) is 3.52. The number of hydrogen-bond acceptors (Lipinski definition) is 3. The van der Waals surface area contributed by atoms with E-state index in [0.717, 1.165) is 23.5 Å². The van der Waals surface area contributed by atoms with E-state index in [-0.39, 0.29) is 12.1 Å². The Morgan fingerprint density at radius 2 is 2.13 bits per heavy atom. The minimum atomic E-state index is -0.211. The number of rotatable bonds is 5. The molecule has 2 heterocycles. The van der Waals surface area contributed by atoms with E-state index in [1.165, 1.54) is 19.3 Å². The van der Waals surface area contributed by atoms with E-state index in [9.17, 15) is 4.79 Å². The van der Waals surface area contributed by atoms with Crippen LogP contribution in [0.5, 0.6) is 0 Å². The standard InChI is InChI=1S/C17H23N5O/c1-3-14(13-7-9-18-10-8-13)19-17(23)20-16-11-15(21-22(16)2)12-5-4-6-12/h7-12,14H,3-6H2,1-2H3,(H2,19,20,23)/t14-/m1/s1. The minimum absolute atomic E-state index is 0.0302. The lowest BCUT2D eigenvalue weighted by molar-refractivity contribution is 0.248. The van der Waals surface area contributed by atoms with Crippen molar-refractivity contribution in [3.05, 3.63) is 41.9 Å². The Morgan fingerprint density at radius 3 is 2.74 bits per heavy atom. The van der Waals surface area contributed by atoms with Gasteiger partial charge in [0, 0.05) is 31.4 Å². The molecule has 0 saturated heterocycles. The van der Waals surface area contributed by atoms with E-state index in [1.54, 1.807) is 17.1 Å². The molecule has 0 unspecified atom stereocenters. The van der Waals surface area contributed by atoms with Crippen LogP contribution in [-0.2, 0) is 7.05 Å². The topological polar surface area (TPSA) is 71.8 Å². The molecule has 0 radical (unpaired) electrons. The van der Waals surface area contributed by atoms with Gasteiger partial charge in [0.05, 0.1) is 11.7 Å². The Labute approximate surface area is 136 Å². The Hall–Kier alpha value is -2.37. The second-order valence-electron chi connectivity index (χ2n) is 6.05. The molecule has 1 fully saturated rings. The molecule has 1 aliphatic carbocycles. The normalized spacial score (nSPS) is 15.7. The number of carbonyl (C=O) groups is 1. The summed E-state index contributed by atoms with van der Waals surface area (Å²) < 4.78 is 1.74. The molecule has 1 aliphatic rings. The lowest BCUT2D eigenvalue weighted by Gasteiger charge is -2.22. The predicted molar refractivity (Wildman–Crippen MR) is 89.2 cm³/mol. The van der Waals surface area contributed by atoms with Gasteiger partial charge in [-0.15, -0.1) is 0 Å². The fourth-order valence-electron chi connectivity index (χ4n) is 2.84. The molecule has 0 bridgehead atoms. The van der Waals surface area contributed by atoms with Gasteiger partial charge in [-0.3, -0.25) is 15.0 Å². The molecule has 0 spiro atoms. The molecular weight excluding hydrogens is 290 g/mol. The summed E-state index contributed by atoms with van der Waals surface area (Å²) in [6.07, 6.45) is 7.96. The molecule has 23 heavy (non-hydrogen) atoms. The van der Waals surface area contributed by atoms with E-state index in [2.05, 4.69) is 20.7 Å². The van der Waals surface area contributed by atoms with E-state index in [1.807, 2.05) is 32.2 Å². The van der Waals surface area contributed by atoms with Crippen molar-refractivity contribution >= 4 is 11.8 Å². The number of pyridine rings is 1. The summed E-state index contributed by atoms with van der Waals surface area (Å²) in [5.74, 6) is 1.29. The van der Waals surface area contributed by atoms with Gasteiger partial charge in [-0.25, -0.2) is 4.79 Å². The van der Waals surface area contributed by atoms with Crippen molar-refractivity contribution in [3.63, 3.8) is 0 Å². The first-order valence-electron chi connectivity index (χ1n) is 8.18. The maximum absolute atomic E-state index is 12.3. The summed E-state index contributed by atoms with van der Waals surface area (Å²) in [5, 5.41) is 10.4. The van der Waals surface area contributed by atoms with Gasteiger partial charge in [0.25, 0.3) is 0 Å². The number of anilines is 1. The van der Waals surface area contributed by atoms with E-state index in [0.29, 0.717) is 5.92 Å². The van der Waals surface area contributed by atoms with Crippen molar-refractivity contribution in [2.75, 3.05) is 5.32 Å². The lowest BCUT2D eigenvalue weighted by Crippen LogP contribution is -2.32. The van der Waals surface area contributed by atoms with Crippen molar-refractivity contribution in [1.29, 1.82) is 0 Å². The molecule has 122 valence electrons. The van der Waals surface area contributed by atoms with Crippen LogP contribution < -0.4 is 10.6 Å². The van der Waals surface area contributed by atoms with Crippen molar-refractivity contribution in [2.24, 2.45) is 7.05 Å². The summed E-state index contributed by atoms with van der Waals surface area (Å²) in [5.41, 5.74) is 2.13. The summed E-state index contributed by atoms with van der Waals surface area (Å²) in [4.78, 5) is 16.3. The fourth-order valence-corrected chi connectivity index (χ4v) is 2.84. The van der Waals surface area contributed by atoms with Gasteiger partial charge < -0.3 is 5.32 Å². The average molecular weight is 313 g/mol. The molecule has 2 aromatic heterocycles. The Kier molecular flexibility index (Phi) is 4.60. The zero-order valence-corrected chi connectivity index (χ0v) is 13.6. The highest BCUT2D eigenvalue weighted by Gasteiger charge is 2.23. The zero-order valence-electron chi connectivity index (χ0n) is 13.6. The summed E-state index contributed by atoms with van der Waals surface area (Å²) in [6, 6.07) is 5.59. The quantitative estimate of drug-likeness (QED) is 0.889. The van der Waals surface area contributed by atoms with Crippen molar-refractivity contribution in [2.45, 2.75) is 44.6 Å². The van der Waals surface area contributed by atoms with Gasteiger partial charge in [-0.1, -0.05) is 13.3 Å². The molecule has 1 saturated carbocycles. The van der Waals surface area contributed by atoms with Gasteiger partial charge in [0.15, 0.2) is 0 Å². The van der Waals surface area contributed by atoms with Gasteiger partial charge in [-0.05, 0) is 37.0 Å². The van der Waals surface area contributed by atoms with Crippen LogP contribution in [0.25, 0.3) is 0 Å². The second-order valence-corrected chi connectivity index (χ2v) is 6.05. The number of aryl methyl sites for hydroxylation is 1. The molecule has 6 heteroatoms. The SMILES string of the molecule is CC[C@@H](NC(=O)Nc1cc(C2CCC2)nn1C)c1ccncc1. The van der Waals surface area contributed by atoms with Crippen LogP contribution in [0.2, 0.25) is 0 Å². The zero-order chi connectivity index (χ0) is 16.2. The Balaban J connectivity index is 1.63. The third-order valence-corrected chi connectivity index (χ3v) is 4.49. The summed E-state index contributed by atoms with van der Waals surface area (Å²) >= 11 is 0. The molecule has 2 N–H and O–H groups in total. The number of amides is 2.